The number of nitrogens with zero attached hydrogens (tertiary/aromatic N) is 4. The van der Waals surface area contributed by atoms with Gasteiger partial charge in [-0.2, -0.15) is 5.10 Å². The van der Waals surface area contributed by atoms with E-state index < -0.39 is 0 Å². The highest BCUT2D eigenvalue weighted by Crippen LogP contribution is 2.27. The first-order valence-electron chi connectivity index (χ1n) is 6.48. The van der Waals surface area contributed by atoms with Crippen molar-refractivity contribution in [2.75, 3.05) is 14.1 Å². The SMILES string of the molecule is CCC(CC)(C(Cc1ncnn1C)NN)N(C)C. The Kier molecular flexibility index (Phi) is 5.25. The number of nitrogens with one attached hydrogen (secondary N) is 1. The predicted molar refractivity (Wildman–Crippen MR) is 72.8 cm³/mol. The molecule has 1 aromatic heterocycles. The van der Waals surface area contributed by atoms with Crippen LogP contribution in [0.5, 0.6) is 0 Å². The zero-order valence-corrected chi connectivity index (χ0v) is 12.1. The number of aryl methyl sites for hydroxylation is 1. The van der Waals surface area contributed by atoms with Crippen LogP contribution < -0.4 is 11.3 Å². The summed E-state index contributed by atoms with van der Waals surface area (Å²) in [5.41, 5.74) is 3.00. The maximum Gasteiger partial charge on any atom is 0.138 e. The standard InChI is InChI=1S/C12H26N6/c1-6-12(7-2,17(3)4)10(16-13)8-11-14-9-15-18(11)5/h9-10,16H,6-8,13H2,1-5H3. The molecule has 0 aromatic carbocycles. The van der Waals surface area contributed by atoms with E-state index in [0.717, 1.165) is 25.1 Å². The van der Waals surface area contributed by atoms with Gasteiger partial charge in [0, 0.05) is 25.0 Å². The normalized spacial score (nSPS) is 14.2. The molecule has 6 nitrogen and oxygen atoms in total. The molecule has 0 radical (unpaired) electrons. The molecule has 0 spiro atoms. The lowest BCUT2D eigenvalue weighted by atomic mass is 9.81. The Morgan fingerprint density at radius 3 is 2.39 bits per heavy atom. The summed E-state index contributed by atoms with van der Waals surface area (Å²) in [6, 6.07) is 0.144. The third kappa shape index (κ3) is 2.71. The summed E-state index contributed by atoms with van der Waals surface area (Å²) < 4.78 is 1.80. The van der Waals surface area contributed by atoms with Gasteiger partial charge in [0.05, 0.1) is 0 Å². The molecule has 0 saturated heterocycles. The van der Waals surface area contributed by atoms with Crippen molar-refractivity contribution in [1.82, 2.24) is 25.1 Å². The van der Waals surface area contributed by atoms with E-state index >= 15 is 0 Å². The van der Waals surface area contributed by atoms with Gasteiger partial charge < -0.3 is 4.90 Å². The van der Waals surface area contributed by atoms with Crippen LogP contribution in [-0.4, -0.2) is 45.3 Å². The van der Waals surface area contributed by atoms with Crippen LogP contribution in [-0.2, 0) is 13.5 Å². The van der Waals surface area contributed by atoms with Crippen LogP contribution in [0.15, 0.2) is 6.33 Å². The molecule has 3 N–H and O–H groups in total. The van der Waals surface area contributed by atoms with Gasteiger partial charge in [0.1, 0.15) is 12.2 Å². The van der Waals surface area contributed by atoms with Gasteiger partial charge >= 0.3 is 0 Å². The van der Waals surface area contributed by atoms with Gasteiger partial charge in [-0.1, -0.05) is 13.8 Å². The molecule has 18 heavy (non-hydrogen) atoms. The topological polar surface area (TPSA) is 72.0 Å². The molecule has 0 bridgehead atoms. The van der Waals surface area contributed by atoms with Gasteiger partial charge in [-0.05, 0) is 26.9 Å². The highest BCUT2D eigenvalue weighted by atomic mass is 15.3. The smallest absolute Gasteiger partial charge is 0.138 e. The Bertz CT molecular complexity index is 355. The van der Waals surface area contributed by atoms with Crippen molar-refractivity contribution in [2.24, 2.45) is 12.9 Å². The maximum atomic E-state index is 5.78. The average Bonchev–Trinajstić information content (AvgIpc) is 2.75. The molecule has 1 aromatic rings. The zero-order valence-electron chi connectivity index (χ0n) is 12.1. The second-order valence-corrected chi connectivity index (χ2v) is 4.93. The molecule has 0 aliphatic heterocycles. The summed E-state index contributed by atoms with van der Waals surface area (Å²) in [6.45, 7) is 4.40. The van der Waals surface area contributed by atoms with Crippen molar-refractivity contribution in [2.45, 2.75) is 44.7 Å². The second-order valence-electron chi connectivity index (χ2n) is 4.93. The Morgan fingerprint density at radius 1 is 1.44 bits per heavy atom. The Morgan fingerprint density at radius 2 is 2.06 bits per heavy atom. The van der Waals surface area contributed by atoms with Crippen molar-refractivity contribution < 1.29 is 0 Å². The molecule has 104 valence electrons. The fourth-order valence-corrected chi connectivity index (χ4v) is 2.78. The minimum absolute atomic E-state index is 0.0285. The summed E-state index contributed by atoms with van der Waals surface area (Å²) >= 11 is 0. The molecule has 0 saturated carbocycles. The van der Waals surface area contributed by atoms with E-state index in [1.807, 2.05) is 7.05 Å². The van der Waals surface area contributed by atoms with Crippen LogP contribution in [0.25, 0.3) is 0 Å². The van der Waals surface area contributed by atoms with E-state index in [2.05, 4.69) is 48.4 Å². The van der Waals surface area contributed by atoms with Crippen LogP contribution in [0.1, 0.15) is 32.5 Å². The molecule has 0 aliphatic rings. The highest BCUT2D eigenvalue weighted by molar-refractivity contribution is 5.01. The van der Waals surface area contributed by atoms with Crippen molar-refractivity contribution in [3.8, 4) is 0 Å². The molecular formula is C12H26N6. The van der Waals surface area contributed by atoms with E-state index in [1.54, 1.807) is 11.0 Å². The number of nitrogens with two attached hydrogens (primary N) is 1. The van der Waals surface area contributed by atoms with Crippen molar-refractivity contribution >= 4 is 0 Å². The van der Waals surface area contributed by atoms with Crippen molar-refractivity contribution in [3.63, 3.8) is 0 Å². The Hall–Kier alpha value is -0.980. The third-order valence-corrected chi connectivity index (χ3v) is 4.16. The lowest BCUT2D eigenvalue weighted by Crippen LogP contribution is -2.61. The Labute approximate surface area is 110 Å². The fraction of sp³-hybridized carbons (Fsp3) is 0.833. The number of aromatic nitrogens is 3. The first-order chi connectivity index (χ1) is 8.51. The summed E-state index contributed by atoms with van der Waals surface area (Å²) in [5.74, 6) is 6.73. The predicted octanol–water partition coefficient (Wildman–Crippen LogP) is 0.310. The molecular weight excluding hydrogens is 228 g/mol. The van der Waals surface area contributed by atoms with Crippen LogP contribution in [0.2, 0.25) is 0 Å². The molecule has 1 heterocycles. The molecule has 6 heteroatoms. The highest BCUT2D eigenvalue weighted by Gasteiger charge is 2.37. The summed E-state index contributed by atoms with van der Waals surface area (Å²) in [4.78, 5) is 6.54. The second kappa shape index (κ2) is 6.26. The zero-order chi connectivity index (χ0) is 13.8. The monoisotopic (exact) mass is 254 g/mol. The fourth-order valence-electron chi connectivity index (χ4n) is 2.78. The average molecular weight is 254 g/mol. The van der Waals surface area contributed by atoms with E-state index in [1.165, 1.54) is 0 Å². The number of rotatable bonds is 7. The van der Waals surface area contributed by atoms with Gasteiger partial charge in [-0.25, -0.2) is 4.98 Å². The lowest BCUT2D eigenvalue weighted by Gasteiger charge is -2.44. The van der Waals surface area contributed by atoms with Gasteiger partial charge in [0.25, 0.3) is 0 Å². The molecule has 1 atom stereocenters. The minimum Gasteiger partial charge on any atom is -0.302 e. The van der Waals surface area contributed by atoms with E-state index in [9.17, 15) is 0 Å². The van der Waals surface area contributed by atoms with Crippen LogP contribution in [0.3, 0.4) is 0 Å². The first kappa shape index (κ1) is 15.1. The Balaban J connectivity index is 2.96. The van der Waals surface area contributed by atoms with E-state index in [4.69, 9.17) is 5.84 Å². The van der Waals surface area contributed by atoms with Crippen LogP contribution >= 0.6 is 0 Å². The quantitative estimate of drug-likeness (QED) is 0.541. The van der Waals surface area contributed by atoms with Crippen molar-refractivity contribution in [3.05, 3.63) is 12.2 Å². The van der Waals surface area contributed by atoms with Crippen LogP contribution in [0.4, 0.5) is 0 Å². The van der Waals surface area contributed by atoms with E-state index in [0.29, 0.717) is 0 Å². The third-order valence-electron chi connectivity index (χ3n) is 4.16. The van der Waals surface area contributed by atoms with Gasteiger partial charge in [0.15, 0.2) is 0 Å². The maximum absolute atomic E-state index is 5.78. The molecule has 0 fully saturated rings. The van der Waals surface area contributed by atoms with Gasteiger partial charge in [-0.15, -0.1) is 0 Å². The molecule has 1 unspecified atom stereocenters. The minimum atomic E-state index is 0.0285. The molecule has 0 amide bonds. The summed E-state index contributed by atoms with van der Waals surface area (Å²) in [7, 11) is 6.12. The van der Waals surface area contributed by atoms with Gasteiger partial charge in [0.2, 0.25) is 0 Å². The molecule has 1 rings (SSSR count). The molecule has 0 aliphatic carbocycles. The number of hydrogen-bond acceptors (Lipinski definition) is 5. The number of hydrazine groups is 1. The van der Waals surface area contributed by atoms with Crippen LogP contribution in [0, 0.1) is 0 Å². The largest absolute Gasteiger partial charge is 0.302 e. The van der Waals surface area contributed by atoms with Gasteiger partial charge in [-0.3, -0.25) is 16.0 Å². The summed E-state index contributed by atoms with van der Waals surface area (Å²) in [6.07, 6.45) is 4.41. The number of likely N-dealkylation sites (N-methyl/N-ethyl adjacent to an activating group) is 1. The lowest BCUT2D eigenvalue weighted by molar-refractivity contribution is 0.0869. The van der Waals surface area contributed by atoms with E-state index in [-0.39, 0.29) is 11.6 Å². The first-order valence-corrected chi connectivity index (χ1v) is 6.48. The summed E-state index contributed by atoms with van der Waals surface area (Å²) in [5, 5.41) is 4.11. The number of hydrogen-bond donors (Lipinski definition) is 2. The van der Waals surface area contributed by atoms with Crippen molar-refractivity contribution in [1.29, 1.82) is 0 Å².